The highest BCUT2D eigenvalue weighted by Gasteiger charge is 2.24. The Morgan fingerprint density at radius 3 is 3.07 bits per heavy atom. The minimum Gasteiger partial charge on any atom is -0.465 e. The van der Waals surface area contributed by atoms with Crippen LogP contribution in [0.2, 0.25) is 0 Å². The van der Waals surface area contributed by atoms with Crippen molar-refractivity contribution in [1.29, 1.82) is 0 Å². The van der Waals surface area contributed by atoms with Crippen LogP contribution in [0.3, 0.4) is 0 Å². The second-order valence-electron chi connectivity index (χ2n) is 3.64. The lowest BCUT2D eigenvalue weighted by atomic mass is 10.0. The Morgan fingerprint density at radius 2 is 2.40 bits per heavy atom. The molecule has 2 N–H and O–H groups in total. The van der Waals surface area contributed by atoms with Gasteiger partial charge in [0, 0.05) is 13.1 Å². The number of aromatic nitrogens is 2. The summed E-state index contributed by atoms with van der Waals surface area (Å²) in [5.41, 5.74) is 7.79. The van der Waals surface area contributed by atoms with Gasteiger partial charge in [-0.2, -0.15) is 5.10 Å². The van der Waals surface area contributed by atoms with Gasteiger partial charge in [0.1, 0.15) is 5.56 Å². The molecule has 1 aromatic heterocycles. The predicted molar refractivity (Wildman–Crippen MR) is 54.4 cm³/mol. The molecule has 0 radical (unpaired) electrons. The summed E-state index contributed by atoms with van der Waals surface area (Å²) in [7, 11) is 1.38. The summed E-state index contributed by atoms with van der Waals surface area (Å²) >= 11 is 0. The van der Waals surface area contributed by atoms with Crippen LogP contribution < -0.4 is 5.73 Å². The fraction of sp³-hybridized carbons (Fsp3) is 0.600. The van der Waals surface area contributed by atoms with Crippen LogP contribution in [-0.4, -0.2) is 22.9 Å². The number of methoxy groups -OCH3 is 1. The Bertz CT molecular complexity index is 384. The summed E-state index contributed by atoms with van der Waals surface area (Å²) < 4.78 is 6.64. The summed E-state index contributed by atoms with van der Waals surface area (Å²) in [4.78, 5) is 11.6. The molecule has 0 atom stereocenters. The van der Waals surface area contributed by atoms with E-state index >= 15 is 0 Å². The van der Waals surface area contributed by atoms with Crippen molar-refractivity contribution in [2.75, 3.05) is 7.11 Å². The number of fused-ring (bicyclic) bond motifs is 1. The topological polar surface area (TPSA) is 70.1 Å². The molecule has 0 fully saturated rings. The first-order chi connectivity index (χ1) is 7.27. The Labute approximate surface area is 88.2 Å². The largest absolute Gasteiger partial charge is 0.465 e. The van der Waals surface area contributed by atoms with Crippen LogP contribution in [0.1, 0.15) is 34.6 Å². The van der Waals surface area contributed by atoms with Crippen LogP contribution >= 0.6 is 0 Å². The maximum atomic E-state index is 11.6. The van der Waals surface area contributed by atoms with Gasteiger partial charge in [0.05, 0.1) is 18.5 Å². The molecule has 82 valence electrons. The third kappa shape index (κ3) is 1.63. The molecule has 1 aromatic rings. The number of esters is 1. The van der Waals surface area contributed by atoms with E-state index in [4.69, 9.17) is 10.5 Å². The van der Waals surface area contributed by atoms with E-state index in [-0.39, 0.29) is 12.5 Å². The minimum atomic E-state index is -0.321. The Kier molecular flexibility index (Phi) is 2.73. The summed E-state index contributed by atoms with van der Waals surface area (Å²) in [6.07, 6.45) is 3.09. The molecule has 0 spiro atoms. The fourth-order valence-electron chi connectivity index (χ4n) is 2.03. The standard InChI is InChI=1S/C10H15N3O2/c1-15-10(14)9-7(6-11)12-13-5-3-2-4-8(9)13/h2-6,11H2,1H3. The SMILES string of the molecule is COC(=O)c1c(CN)nn2c1CCCC2. The molecule has 2 heterocycles. The molecular formula is C10H15N3O2. The second kappa shape index (κ2) is 4.02. The smallest absolute Gasteiger partial charge is 0.341 e. The molecule has 1 aliphatic heterocycles. The van der Waals surface area contributed by atoms with Gasteiger partial charge in [0.15, 0.2) is 0 Å². The van der Waals surface area contributed by atoms with Gasteiger partial charge in [-0.25, -0.2) is 4.79 Å². The Morgan fingerprint density at radius 1 is 1.60 bits per heavy atom. The van der Waals surface area contributed by atoms with Crippen molar-refractivity contribution in [3.8, 4) is 0 Å². The first-order valence-electron chi connectivity index (χ1n) is 5.15. The zero-order chi connectivity index (χ0) is 10.8. The summed E-state index contributed by atoms with van der Waals surface area (Å²) in [6, 6.07) is 0. The van der Waals surface area contributed by atoms with E-state index in [1.54, 1.807) is 0 Å². The molecule has 5 heteroatoms. The number of nitrogens with zero attached hydrogens (tertiary/aromatic N) is 2. The van der Waals surface area contributed by atoms with E-state index in [1.807, 2.05) is 4.68 Å². The average Bonchev–Trinajstić information content (AvgIpc) is 2.66. The molecule has 0 saturated heterocycles. The van der Waals surface area contributed by atoms with Crippen LogP contribution in [-0.2, 0) is 24.2 Å². The third-order valence-corrected chi connectivity index (χ3v) is 2.75. The normalized spacial score (nSPS) is 14.8. The zero-order valence-corrected chi connectivity index (χ0v) is 8.82. The highest BCUT2D eigenvalue weighted by Crippen LogP contribution is 2.22. The van der Waals surface area contributed by atoms with E-state index in [0.717, 1.165) is 31.5 Å². The molecule has 0 saturated carbocycles. The zero-order valence-electron chi connectivity index (χ0n) is 8.82. The lowest BCUT2D eigenvalue weighted by Crippen LogP contribution is -2.14. The van der Waals surface area contributed by atoms with Crippen LogP contribution in [0.15, 0.2) is 0 Å². The quantitative estimate of drug-likeness (QED) is 0.718. The number of aryl methyl sites for hydroxylation is 1. The molecule has 15 heavy (non-hydrogen) atoms. The molecular weight excluding hydrogens is 194 g/mol. The minimum absolute atomic E-state index is 0.282. The van der Waals surface area contributed by atoms with E-state index in [1.165, 1.54) is 7.11 Å². The van der Waals surface area contributed by atoms with Gasteiger partial charge in [-0.05, 0) is 19.3 Å². The van der Waals surface area contributed by atoms with Gasteiger partial charge in [0.2, 0.25) is 0 Å². The lowest BCUT2D eigenvalue weighted by Gasteiger charge is -2.13. The second-order valence-corrected chi connectivity index (χ2v) is 3.64. The van der Waals surface area contributed by atoms with Crippen LogP contribution in [0.4, 0.5) is 0 Å². The van der Waals surface area contributed by atoms with Gasteiger partial charge >= 0.3 is 5.97 Å². The van der Waals surface area contributed by atoms with Crippen molar-refractivity contribution in [1.82, 2.24) is 9.78 Å². The molecule has 0 aliphatic carbocycles. The van der Waals surface area contributed by atoms with E-state index < -0.39 is 0 Å². The summed E-state index contributed by atoms with van der Waals surface area (Å²) in [6.45, 7) is 1.16. The third-order valence-electron chi connectivity index (χ3n) is 2.75. The number of ether oxygens (including phenoxy) is 1. The Hall–Kier alpha value is -1.36. The molecule has 1 aliphatic rings. The molecule has 0 unspecified atom stereocenters. The molecule has 0 aromatic carbocycles. The van der Waals surface area contributed by atoms with Crippen LogP contribution in [0, 0.1) is 0 Å². The monoisotopic (exact) mass is 209 g/mol. The van der Waals surface area contributed by atoms with Crippen molar-refractivity contribution in [2.45, 2.75) is 32.4 Å². The highest BCUT2D eigenvalue weighted by atomic mass is 16.5. The van der Waals surface area contributed by atoms with Crippen molar-refractivity contribution in [3.63, 3.8) is 0 Å². The van der Waals surface area contributed by atoms with E-state index in [0.29, 0.717) is 11.3 Å². The maximum Gasteiger partial charge on any atom is 0.341 e. The van der Waals surface area contributed by atoms with Gasteiger partial charge in [-0.1, -0.05) is 0 Å². The molecule has 5 nitrogen and oxygen atoms in total. The molecule has 0 amide bonds. The van der Waals surface area contributed by atoms with Gasteiger partial charge in [-0.3, -0.25) is 4.68 Å². The first-order valence-corrected chi connectivity index (χ1v) is 5.15. The number of carbonyl (C=O) groups is 1. The van der Waals surface area contributed by atoms with Crippen molar-refractivity contribution < 1.29 is 9.53 Å². The summed E-state index contributed by atoms with van der Waals surface area (Å²) in [5, 5.41) is 4.33. The van der Waals surface area contributed by atoms with E-state index in [2.05, 4.69) is 5.10 Å². The maximum absolute atomic E-state index is 11.6. The van der Waals surface area contributed by atoms with Crippen molar-refractivity contribution in [3.05, 3.63) is 17.0 Å². The van der Waals surface area contributed by atoms with Gasteiger partial charge in [-0.15, -0.1) is 0 Å². The number of rotatable bonds is 2. The predicted octanol–water partition coefficient (Wildman–Crippen LogP) is 0.465. The number of hydrogen-bond donors (Lipinski definition) is 1. The molecule has 0 bridgehead atoms. The number of carbonyl (C=O) groups excluding carboxylic acids is 1. The summed E-state index contributed by atoms with van der Waals surface area (Å²) in [5.74, 6) is -0.321. The van der Waals surface area contributed by atoms with Gasteiger partial charge in [0.25, 0.3) is 0 Å². The first kappa shape index (κ1) is 10.2. The van der Waals surface area contributed by atoms with E-state index in [9.17, 15) is 4.79 Å². The lowest BCUT2D eigenvalue weighted by molar-refractivity contribution is 0.0597. The van der Waals surface area contributed by atoms with Crippen LogP contribution in [0.5, 0.6) is 0 Å². The fourth-order valence-corrected chi connectivity index (χ4v) is 2.03. The number of hydrogen-bond acceptors (Lipinski definition) is 4. The van der Waals surface area contributed by atoms with Crippen LogP contribution in [0.25, 0.3) is 0 Å². The van der Waals surface area contributed by atoms with Crippen molar-refractivity contribution in [2.24, 2.45) is 5.73 Å². The average molecular weight is 209 g/mol. The Balaban J connectivity index is 2.49. The number of nitrogens with two attached hydrogens (primary N) is 1. The van der Waals surface area contributed by atoms with Crippen molar-refractivity contribution >= 4 is 5.97 Å². The van der Waals surface area contributed by atoms with Gasteiger partial charge < -0.3 is 10.5 Å². The highest BCUT2D eigenvalue weighted by molar-refractivity contribution is 5.92. The molecule has 2 rings (SSSR count).